The second-order valence-electron chi connectivity index (χ2n) is 12.8. The maximum Gasteiger partial charge on any atom is 0.0571 e. The molecule has 2 heteroatoms. The third kappa shape index (κ3) is 4.38. The molecule has 0 unspecified atom stereocenters. The number of para-hydroxylation sites is 1. The average molecular weight is 623 g/mol. The minimum Gasteiger partial charge on any atom is -0.309 e. The lowest BCUT2D eigenvalue weighted by atomic mass is 9.85. The Hall–Kier alpha value is -6.51. The van der Waals surface area contributed by atoms with Crippen molar-refractivity contribution in [3.05, 3.63) is 182 Å². The molecular weight excluding hydrogens is 593 g/mol. The fourth-order valence-electron chi connectivity index (χ4n) is 7.82. The molecule has 0 radical (unpaired) electrons. The first-order chi connectivity index (χ1) is 24.3. The molecule has 0 aliphatic rings. The summed E-state index contributed by atoms with van der Waals surface area (Å²) in [7, 11) is 0. The molecular formula is C47H30N2. The Morgan fingerprint density at radius 2 is 0.837 bits per heavy atom. The van der Waals surface area contributed by atoms with Crippen LogP contribution in [-0.4, -0.2) is 9.55 Å². The summed E-state index contributed by atoms with van der Waals surface area (Å²) in [6.07, 6.45) is 3.84. The van der Waals surface area contributed by atoms with Crippen LogP contribution >= 0.6 is 0 Å². The molecule has 0 bridgehead atoms. The van der Waals surface area contributed by atoms with Gasteiger partial charge in [-0.15, -0.1) is 0 Å². The van der Waals surface area contributed by atoms with Crippen LogP contribution in [0.2, 0.25) is 0 Å². The van der Waals surface area contributed by atoms with E-state index in [4.69, 9.17) is 0 Å². The highest BCUT2D eigenvalue weighted by Crippen LogP contribution is 2.44. The van der Waals surface area contributed by atoms with Crippen LogP contribution in [-0.2, 0) is 0 Å². The molecule has 0 spiro atoms. The first-order valence-electron chi connectivity index (χ1n) is 16.8. The number of pyridine rings is 1. The Balaban J connectivity index is 1.07. The molecule has 10 rings (SSSR count). The highest BCUT2D eigenvalue weighted by Gasteiger charge is 2.17. The predicted octanol–water partition coefficient (Wildman–Crippen LogP) is 12.6. The standard InChI is InChI=1S/C47H30N2/c1-2-10-35-29-36(22-19-31(35)9-1)47-41-14-5-3-12-39(41)46(40-13-4-6-15-42(40)47)34-20-17-32(18-21-34)33-23-25-37(26-24-33)49-44-16-8-7-11-38(44)43-30-48-28-27-45(43)49/h1-30H. The molecule has 8 aromatic carbocycles. The Bertz CT molecular complexity index is 2750. The lowest BCUT2D eigenvalue weighted by Crippen LogP contribution is -1.93. The maximum atomic E-state index is 4.40. The van der Waals surface area contributed by atoms with Gasteiger partial charge in [0.1, 0.15) is 0 Å². The summed E-state index contributed by atoms with van der Waals surface area (Å²) in [5.74, 6) is 0. The van der Waals surface area contributed by atoms with Gasteiger partial charge in [0.2, 0.25) is 0 Å². The zero-order valence-corrected chi connectivity index (χ0v) is 26.7. The molecule has 0 saturated carbocycles. The van der Waals surface area contributed by atoms with Crippen molar-refractivity contribution in [1.29, 1.82) is 0 Å². The van der Waals surface area contributed by atoms with Crippen molar-refractivity contribution < 1.29 is 0 Å². The van der Waals surface area contributed by atoms with Gasteiger partial charge in [0, 0.05) is 28.9 Å². The average Bonchev–Trinajstić information content (AvgIpc) is 3.51. The number of nitrogens with zero attached hydrogens (tertiary/aromatic N) is 2. The predicted molar refractivity (Wildman–Crippen MR) is 207 cm³/mol. The van der Waals surface area contributed by atoms with Crippen LogP contribution in [0.15, 0.2) is 182 Å². The van der Waals surface area contributed by atoms with Crippen molar-refractivity contribution in [3.63, 3.8) is 0 Å². The highest BCUT2D eigenvalue weighted by atomic mass is 15.0. The van der Waals surface area contributed by atoms with E-state index >= 15 is 0 Å². The smallest absolute Gasteiger partial charge is 0.0571 e. The molecule has 2 aromatic heterocycles. The van der Waals surface area contributed by atoms with E-state index in [1.165, 1.54) is 87.5 Å². The van der Waals surface area contributed by atoms with Gasteiger partial charge in [-0.05, 0) is 96.0 Å². The number of fused-ring (bicyclic) bond motifs is 6. The lowest BCUT2D eigenvalue weighted by Gasteiger charge is -2.18. The molecule has 2 nitrogen and oxygen atoms in total. The molecule has 0 amide bonds. The van der Waals surface area contributed by atoms with Gasteiger partial charge in [0.25, 0.3) is 0 Å². The molecule has 0 N–H and O–H groups in total. The normalized spacial score (nSPS) is 11.7. The van der Waals surface area contributed by atoms with Gasteiger partial charge in [0.05, 0.1) is 11.0 Å². The van der Waals surface area contributed by atoms with E-state index in [1.807, 2.05) is 12.4 Å². The summed E-state index contributed by atoms with van der Waals surface area (Å²) in [6.45, 7) is 0. The van der Waals surface area contributed by atoms with Crippen LogP contribution in [0.4, 0.5) is 0 Å². The molecule has 49 heavy (non-hydrogen) atoms. The third-order valence-corrected chi connectivity index (χ3v) is 10.1. The molecule has 0 saturated heterocycles. The minimum atomic E-state index is 1.14. The molecule has 228 valence electrons. The minimum absolute atomic E-state index is 1.14. The van der Waals surface area contributed by atoms with Gasteiger partial charge in [-0.3, -0.25) is 4.98 Å². The second-order valence-corrected chi connectivity index (χ2v) is 12.8. The van der Waals surface area contributed by atoms with E-state index in [-0.39, 0.29) is 0 Å². The van der Waals surface area contributed by atoms with E-state index in [1.54, 1.807) is 0 Å². The molecule has 10 aromatic rings. The number of hydrogen-bond donors (Lipinski definition) is 0. The van der Waals surface area contributed by atoms with Crippen LogP contribution in [0.1, 0.15) is 0 Å². The first kappa shape index (κ1) is 27.6. The summed E-state index contributed by atoms with van der Waals surface area (Å²) in [4.78, 5) is 4.40. The van der Waals surface area contributed by atoms with Gasteiger partial charge in [-0.25, -0.2) is 0 Å². The number of benzene rings is 8. The van der Waals surface area contributed by atoms with Crippen LogP contribution in [0.3, 0.4) is 0 Å². The molecule has 0 aliphatic carbocycles. The van der Waals surface area contributed by atoms with Crippen molar-refractivity contribution >= 4 is 54.1 Å². The first-order valence-corrected chi connectivity index (χ1v) is 16.8. The van der Waals surface area contributed by atoms with Crippen LogP contribution in [0.5, 0.6) is 0 Å². The Morgan fingerprint density at radius 3 is 1.51 bits per heavy atom. The Labute approximate surface area is 284 Å². The quantitative estimate of drug-likeness (QED) is 0.179. The Kier molecular flexibility index (Phi) is 6.22. The largest absolute Gasteiger partial charge is 0.309 e. The van der Waals surface area contributed by atoms with Crippen molar-refractivity contribution in [2.75, 3.05) is 0 Å². The molecule has 0 fully saturated rings. The Morgan fingerprint density at radius 1 is 0.347 bits per heavy atom. The van der Waals surface area contributed by atoms with Gasteiger partial charge in [-0.1, -0.05) is 140 Å². The zero-order chi connectivity index (χ0) is 32.3. The van der Waals surface area contributed by atoms with Crippen LogP contribution < -0.4 is 0 Å². The maximum absolute atomic E-state index is 4.40. The summed E-state index contributed by atoms with van der Waals surface area (Å²) in [6, 6.07) is 61.9. The van der Waals surface area contributed by atoms with Gasteiger partial charge < -0.3 is 4.57 Å². The van der Waals surface area contributed by atoms with Gasteiger partial charge in [-0.2, -0.15) is 0 Å². The number of hydrogen-bond acceptors (Lipinski definition) is 1. The summed E-state index contributed by atoms with van der Waals surface area (Å²) in [5.41, 5.74) is 10.9. The fourth-order valence-corrected chi connectivity index (χ4v) is 7.82. The zero-order valence-electron chi connectivity index (χ0n) is 26.7. The fraction of sp³-hybridized carbons (Fsp3) is 0. The topological polar surface area (TPSA) is 17.8 Å². The van der Waals surface area contributed by atoms with Crippen molar-refractivity contribution in [2.45, 2.75) is 0 Å². The van der Waals surface area contributed by atoms with E-state index in [0.29, 0.717) is 0 Å². The summed E-state index contributed by atoms with van der Waals surface area (Å²) in [5, 5.41) is 9.98. The highest BCUT2D eigenvalue weighted by molar-refractivity contribution is 6.21. The molecule has 2 heterocycles. The molecule has 0 atom stereocenters. The lowest BCUT2D eigenvalue weighted by molar-refractivity contribution is 1.17. The summed E-state index contributed by atoms with van der Waals surface area (Å²) >= 11 is 0. The number of aromatic nitrogens is 2. The van der Waals surface area contributed by atoms with E-state index in [0.717, 1.165) is 5.69 Å². The van der Waals surface area contributed by atoms with Crippen molar-refractivity contribution in [2.24, 2.45) is 0 Å². The van der Waals surface area contributed by atoms with E-state index in [9.17, 15) is 0 Å². The number of rotatable bonds is 4. The SMILES string of the molecule is c1ccc2cc(-c3c4ccccc4c(-c4ccc(-c5ccc(-n6c7ccccc7c7cnccc76)cc5)cc4)c4ccccc34)ccc2c1. The van der Waals surface area contributed by atoms with Crippen LogP contribution in [0.25, 0.3) is 93.2 Å². The molecule has 0 aliphatic heterocycles. The van der Waals surface area contributed by atoms with E-state index in [2.05, 4.69) is 179 Å². The van der Waals surface area contributed by atoms with Crippen molar-refractivity contribution in [3.8, 4) is 39.1 Å². The van der Waals surface area contributed by atoms with E-state index < -0.39 is 0 Å². The third-order valence-electron chi connectivity index (χ3n) is 10.1. The van der Waals surface area contributed by atoms with Gasteiger partial charge in [0.15, 0.2) is 0 Å². The van der Waals surface area contributed by atoms with Crippen LogP contribution in [0, 0.1) is 0 Å². The van der Waals surface area contributed by atoms with Gasteiger partial charge >= 0.3 is 0 Å². The monoisotopic (exact) mass is 622 g/mol. The summed E-state index contributed by atoms with van der Waals surface area (Å²) < 4.78 is 2.33. The van der Waals surface area contributed by atoms with Crippen molar-refractivity contribution in [1.82, 2.24) is 9.55 Å². The second kappa shape index (κ2) is 11.0.